The summed E-state index contributed by atoms with van der Waals surface area (Å²) < 4.78 is 50.5. The van der Waals surface area contributed by atoms with Crippen LogP contribution in [0.3, 0.4) is 0 Å². The molecule has 0 fully saturated rings. The number of para-hydroxylation sites is 2. The summed E-state index contributed by atoms with van der Waals surface area (Å²) in [5.74, 6) is -2.00. The zero-order valence-corrected chi connectivity index (χ0v) is 10.4. The van der Waals surface area contributed by atoms with Gasteiger partial charge in [-0.2, -0.15) is 0 Å². The maximum Gasteiger partial charge on any atom is 0.573 e. The quantitative estimate of drug-likeness (QED) is 0.916. The molecule has 1 heterocycles. The Morgan fingerprint density at radius 1 is 1.14 bits per heavy atom. The number of carboxylic acid groups (broad SMARTS) is 1. The van der Waals surface area contributed by atoms with Gasteiger partial charge < -0.3 is 19.0 Å². The number of hydrogen-bond donors (Lipinski definition) is 1. The minimum Gasteiger partial charge on any atom is -0.482 e. The second-order valence-corrected chi connectivity index (χ2v) is 3.85. The predicted molar refractivity (Wildman–Crippen MR) is 63.1 cm³/mol. The van der Waals surface area contributed by atoms with E-state index in [1.54, 1.807) is 0 Å². The van der Waals surface area contributed by atoms with Crippen LogP contribution in [0.2, 0.25) is 0 Å². The second kappa shape index (κ2) is 5.78. The molecule has 0 aliphatic carbocycles. The molecule has 0 bridgehead atoms. The highest BCUT2D eigenvalue weighted by atomic mass is 19.4. The summed E-state index contributed by atoms with van der Waals surface area (Å²) >= 11 is 0. The first-order chi connectivity index (χ1) is 9.85. The van der Waals surface area contributed by atoms with Crippen LogP contribution in [0.25, 0.3) is 0 Å². The Morgan fingerprint density at radius 3 is 2.38 bits per heavy atom. The third-order valence-corrected chi connectivity index (χ3v) is 2.32. The van der Waals surface area contributed by atoms with Crippen LogP contribution < -0.4 is 9.47 Å². The molecule has 1 N–H and O–H groups in total. The maximum absolute atomic E-state index is 12.2. The lowest BCUT2D eigenvalue weighted by Crippen LogP contribution is -2.17. The number of rotatable bonds is 5. The number of furan rings is 1. The monoisotopic (exact) mass is 302 g/mol. The molecule has 1 aromatic heterocycles. The highest BCUT2D eigenvalue weighted by Crippen LogP contribution is 2.32. The second-order valence-electron chi connectivity index (χ2n) is 3.85. The van der Waals surface area contributed by atoms with Crippen LogP contribution in [0.1, 0.15) is 16.3 Å². The van der Waals surface area contributed by atoms with E-state index in [2.05, 4.69) is 4.74 Å². The largest absolute Gasteiger partial charge is 0.573 e. The fraction of sp³-hybridized carbons (Fsp3) is 0.154. The van der Waals surface area contributed by atoms with E-state index in [0.717, 1.165) is 6.07 Å². The van der Waals surface area contributed by atoms with Gasteiger partial charge in [0.15, 0.2) is 11.5 Å². The first-order valence-corrected chi connectivity index (χ1v) is 5.65. The van der Waals surface area contributed by atoms with E-state index in [-0.39, 0.29) is 23.9 Å². The third-order valence-electron chi connectivity index (χ3n) is 2.32. The highest BCUT2D eigenvalue weighted by Gasteiger charge is 2.32. The van der Waals surface area contributed by atoms with Gasteiger partial charge in [-0.1, -0.05) is 12.1 Å². The predicted octanol–water partition coefficient (Wildman–Crippen LogP) is 3.46. The van der Waals surface area contributed by atoms with Gasteiger partial charge in [-0.15, -0.1) is 13.2 Å². The summed E-state index contributed by atoms with van der Waals surface area (Å²) in [4.78, 5) is 10.6. The Hall–Kier alpha value is -2.64. The molecule has 8 heteroatoms. The minimum atomic E-state index is -4.83. The molecule has 5 nitrogen and oxygen atoms in total. The molecule has 2 aromatic rings. The molecule has 112 valence electrons. The number of hydrogen-bond acceptors (Lipinski definition) is 4. The molecule has 1 aromatic carbocycles. The smallest absolute Gasteiger partial charge is 0.482 e. The standard InChI is InChI=1S/C13H9F3O5/c14-13(15,16)21-10-4-2-1-3-9(10)19-7-8-5-6-11(20-8)12(17)18/h1-6H,7H2,(H,17,18). The molecule has 0 radical (unpaired) electrons. The van der Waals surface area contributed by atoms with Gasteiger partial charge in [-0.05, 0) is 24.3 Å². The molecule has 0 spiro atoms. The highest BCUT2D eigenvalue weighted by molar-refractivity contribution is 5.84. The van der Waals surface area contributed by atoms with Crippen LogP contribution in [-0.4, -0.2) is 17.4 Å². The Bertz CT molecular complexity index is 633. The molecule has 0 saturated heterocycles. The molecule has 21 heavy (non-hydrogen) atoms. The average molecular weight is 302 g/mol. The van der Waals surface area contributed by atoms with Gasteiger partial charge in [0, 0.05) is 0 Å². The van der Waals surface area contributed by atoms with E-state index in [4.69, 9.17) is 14.3 Å². The first kappa shape index (κ1) is 14.8. The first-order valence-electron chi connectivity index (χ1n) is 5.65. The summed E-state index contributed by atoms with van der Waals surface area (Å²) in [6.07, 6.45) is -4.83. The number of alkyl halides is 3. The van der Waals surface area contributed by atoms with Crippen molar-refractivity contribution in [2.45, 2.75) is 13.0 Å². The third kappa shape index (κ3) is 4.16. The van der Waals surface area contributed by atoms with E-state index in [9.17, 15) is 18.0 Å². The number of benzene rings is 1. The van der Waals surface area contributed by atoms with Gasteiger partial charge in [0.25, 0.3) is 0 Å². The van der Waals surface area contributed by atoms with E-state index in [1.807, 2.05) is 0 Å². The zero-order valence-electron chi connectivity index (χ0n) is 10.4. The van der Waals surface area contributed by atoms with Crippen molar-refractivity contribution in [3.63, 3.8) is 0 Å². The van der Waals surface area contributed by atoms with Crippen molar-refractivity contribution in [3.05, 3.63) is 47.9 Å². The number of halogens is 3. The Balaban J connectivity index is 2.07. The maximum atomic E-state index is 12.2. The van der Waals surface area contributed by atoms with Crippen LogP contribution >= 0.6 is 0 Å². The van der Waals surface area contributed by atoms with Crippen LogP contribution in [0.5, 0.6) is 11.5 Å². The summed E-state index contributed by atoms with van der Waals surface area (Å²) in [5.41, 5.74) is 0. The topological polar surface area (TPSA) is 68.9 Å². The van der Waals surface area contributed by atoms with Crippen LogP contribution in [0.15, 0.2) is 40.8 Å². The van der Waals surface area contributed by atoms with Crippen molar-refractivity contribution in [3.8, 4) is 11.5 Å². The number of aromatic carboxylic acids is 1. The van der Waals surface area contributed by atoms with Crippen molar-refractivity contribution in [1.29, 1.82) is 0 Å². The van der Waals surface area contributed by atoms with Crippen LogP contribution in [0.4, 0.5) is 13.2 Å². The molecule has 0 atom stereocenters. The molecule has 0 aliphatic rings. The lowest BCUT2D eigenvalue weighted by molar-refractivity contribution is -0.275. The van der Waals surface area contributed by atoms with Gasteiger partial charge >= 0.3 is 12.3 Å². The molecule has 0 unspecified atom stereocenters. The summed E-state index contributed by atoms with van der Waals surface area (Å²) in [6, 6.07) is 7.82. The fourth-order valence-corrected chi connectivity index (χ4v) is 1.50. The summed E-state index contributed by atoms with van der Waals surface area (Å²) in [5, 5.41) is 8.68. The van der Waals surface area contributed by atoms with Gasteiger partial charge in [-0.3, -0.25) is 0 Å². The van der Waals surface area contributed by atoms with Crippen molar-refractivity contribution in [2.24, 2.45) is 0 Å². The molecular formula is C13H9F3O5. The molecule has 2 rings (SSSR count). The number of ether oxygens (including phenoxy) is 2. The molecule has 0 aliphatic heterocycles. The Labute approximate surface area is 116 Å². The lowest BCUT2D eigenvalue weighted by Gasteiger charge is -2.13. The van der Waals surface area contributed by atoms with E-state index in [1.165, 1.54) is 30.3 Å². The van der Waals surface area contributed by atoms with Gasteiger partial charge in [0.05, 0.1) is 0 Å². The molecule has 0 saturated carbocycles. The van der Waals surface area contributed by atoms with Gasteiger partial charge in [0.1, 0.15) is 12.4 Å². The number of carbonyl (C=O) groups is 1. The normalized spacial score (nSPS) is 11.2. The van der Waals surface area contributed by atoms with E-state index < -0.39 is 18.1 Å². The van der Waals surface area contributed by atoms with Crippen molar-refractivity contribution < 1.29 is 37.0 Å². The molecule has 0 amide bonds. The fourth-order valence-electron chi connectivity index (χ4n) is 1.50. The molecular weight excluding hydrogens is 293 g/mol. The Kier molecular flexibility index (Phi) is 4.06. The summed E-state index contributed by atoms with van der Waals surface area (Å²) in [6.45, 7) is -0.231. The van der Waals surface area contributed by atoms with Gasteiger partial charge in [-0.25, -0.2) is 4.79 Å². The minimum absolute atomic E-state index is 0.136. The number of carboxylic acids is 1. The average Bonchev–Trinajstić information content (AvgIpc) is 2.85. The SMILES string of the molecule is O=C(O)c1ccc(COc2ccccc2OC(F)(F)F)o1. The Morgan fingerprint density at radius 2 is 1.81 bits per heavy atom. The summed E-state index contributed by atoms with van der Waals surface area (Å²) in [7, 11) is 0. The van der Waals surface area contributed by atoms with Crippen LogP contribution in [0, 0.1) is 0 Å². The van der Waals surface area contributed by atoms with E-state index >= 15 is 0 Å². The lowest BCUT2D eigenvalue weighted by atomic mass is 10.3. The van der Waals surface area contributed by atoms with Crippen molar-refractivity contribution in [2.75, 3.05) is 0 Å². The van der Waals surface area contributed by atoms with E-state index in [0.29, 0.717) is 0 Å². The zero-order chi connectivity index (χ0) is 15.5. The van der Waals surface area contributed by atoms with Crippen LogP contribution in [-0.2, 0) is 6.61 Å². The van der Waals surface area contributed by atoms with Crippen molar-refractivity contribution >= 4 is 5.97 Å². The van der Waals surface area contributed by atoms with Gasteiger partial charge in [0.2, 0.25) is 5.76 Å². The van der Waals surface area contributed by atoms with Crippen molar-refractivity contribution in [1.82, 2.24) is 0 Å².